The molecule has 0 aliphatic rings. The molecule has 3 aromatic rings. The van der Waals surface area contributed by atoms with Gasteiger partial charge < -0.3 is 9.30 Å². The zero-order valence-corrected chi connectivity index (χ0v) is 16.7. The Morgan fingerprint density at radius 3 is 2.64 bits per heavy atom. The number of aromatic nitrogens is 3. The standard InChI is InChI=1S/C19H20BrN3OS/c1-3-23-18(11-14-7-5-4-6-8-14)21-22-19(23)25-13-15-12-16(20)9-10-17(15)24-2/h4-10,12H,3,11,13H2,1-2H3. The van der Waals surface area contributed by atoms with Crippen molar-refractivity contribution in [3.63, 3.8) is 0 Å². The van der Waals surface area contributed by atoms with Crippen LogP contribution in [-0.2, 0) is 18.7 Å². The van der Waals surface area contributed by atoms with Crippen molar-refractivity contribution in [2.75, 3.05) is 7.11 Å². The summed E-state index contributed by atoms with van der Waals surface area (Å²) in [4.78, 5) is 0. The largest absolute Gasteiger partial charge is 0.496 e. The number of thioether (sulfide) groups is 1. The molecule has 0 fully saturated rings. The summed E-state index contributed by atoms with van der Waals surface area (Å²) < 4.78 is 8.68. The fraction of sp³-hybridized carbons (Fsp3) is 0.263. The summed E-state index contributed by atoms with van der Waals surface area (Å²) in [5.74, 6) is 2.67. The van der Waals surface area contributed by atoms with Crippen molar-refractivity contribution in [1.29, 1.82) is 0 Å². The first-order valence-corrected chi connectivity index (χ1v) is 9.90. The van der Waals surface area contributed by atoms with Gasteiger partial charge in [-0.1, -0.05) is 58.0 Å². The van der Waals surface area contributed by atoms with Gasteiger partial charge in [-0.2, -0.15) is 0 Å². The third kappa shape index (κ3) is 4.44. The van der Waals surface area contributed by atoms with E-state index in [1.54, 1.807) is 18.9 Å². The van der Waals surface area contributed by atoms with Crippen LogP contribution >= 0.6 is 27.7 Å². The minimum Gasteiger partial charge on any atom is -0.496 e. The molecule has 0 bridgehead atoms. The fourth-order valence-corrected chi connectivity index (χ4v) is 4.06. The van der Waals surface area contributed by atoms with Crippen LogP contribution < -0.4 is 4.74 Å². The molecule has 0 saturated carbocycles. The van der Waals surface area contributed by atoms with E-state index in [0.717, 1.165) is 45.5 Å². The molecule has 0 radical (unpaired) electrons. The van der Waals surface area contributed by atoms with Crippen LogP contribution in [0.25, 0.3) is 0 Å². The third-order valence-corrected chi connectivity index (χ3v) is 5.42. The van der Waals surface area contributed by atoms with E-state index in [1.807, 2.05) is 18.2 Å². The number of hydrogen-bond donors (Lipinski definition) is 0. The Bertz CT molecular complexity index is 836. The van der Waals surface area contributed by atoms with Crippen LogP contribution in [0.1, 0.15) is 23.9 Å². The second-order valence-corrected chi connectivity index (χ2v) is 7.41. The van der Waals surface area contributed by atoms with E-state index >= 15 is 0 Å². The summed E-state index contributed by atoms with van der Waals surface area (Å²) in [6, 6.07) is 16.4. The molecule has 0 aliphatic carbocycles. The lowest BCUT2D eigenvalue weighted by Gasteiger charge is -2.10. The lowest BCUT2D eigenvalue weighted by Crippen LogP contribution is -2.04. The van der Waals surface area contributed by atoms with Gasteiger partial charge in [0, 0.05) is 28.8 Å². The minimum atomic E-state index is 0.784. The van der Waals surface area contributed by atoms with E-state index in [0.29, 0.717) is 0 Å². The highest BCUT2D eigenvalue weighted by molar-refractivity contribution is 9.10. The zero-order valence-electron chi connectivity index (χ0n) is 14.3. The summed E-state index contributed by atoms with van der Waals surface area (Å²) in [6.07, 6.45) is 0.794. The highest BCUT2D eigenvalue weighted by Crippen LogP contribution is 2.30. The van der Waals surface area contributed by atoms with Gasteiger partial charge in [-0.3, -0.25) is 0 Å². The monoisotopic (exact) mass is 417 g/mol. The average molecular weight is 418 g/mol. The average Bonchev–Trinajstić information content (AvgIpc) is 3.02. The molecule has 0 amide bonds. The molecular weight excluding hydrogens is 398 g/mol. The quantitative estimate of drug-likeness (QED) is 0.509. The maximum absolute atomic E-state index is 5.45. The van der Waals surface area contributed by atoms with Crippen LogP contribution in [0.4, 0.5) is 0 Å². The van der Waals surface area contributed by atoms with Crippen molar-refractivity contribution in [3.05, 3.63) is 70.0 Å². The number of ether oxygens (including phenoxy) is 1. The number of methoxy groups -OCH3 is 1. The lowest BCUT2D eigenvalue weighted by molar-refractivity contribution is 0.411. The molecule has 1 heterocycles. The molecule has 0 unspecified atom stereocenters. The van der Waals surface area contributed by atoms with Gasteiger partial charge in [-0.05, 0) is 30.7 Å². The Kier molecular flexibility index (Phi) is 6.15. The maximum atomic E-state index is 5.45. The number of halogens is 1. The van der Waals surface area contributed by atoms with E-state index in [9.17, 15) is 0 Å². The van der Waals surface area contributed by atoms with E-state index in [2.05, 4.69) is 67.9 Å². The first-order valence-electron chi connectivity index (χ1n) is 8.12. The Labute approximate surface area is 160 Å². The molecule has 0 spiro atoms. The van der Waals surface area contributed by atoms with Crippen LogP contribution in [0.2, 0.25) is 0 Å². The van der Waals surface area contributed by atoms with Crippen molar-refractivity contribution < 1.29 is 4.74 Å². The Morgan fingerprint density at radius 1 is 1.12 bits per heavy atom. The van der Waals surface area contributed by atoms with E-state index in [1.165, 1.54) is 5.56 Å². The molecule has 2 aromatic carbocycles. The van der Waals surface area contributed by atoms with Crippen LogP contribution in [0, 0.1) is 0 Å². The van der Waals surface area contributed by atoms with Crippen LogP contribution in [0.15, 0.2) is 58.2 Å². The SMILES string of the molecule is CCn1c(Cc2ccccc2)nnc1SCc1cc(Br)ccc1OC. The number of rotatable bonds is 7. The van der Waals surface area contributed by atoms with Crippen molar-refractivity contribution in [3.8, 4) is 5.75 Å². The fourth-order valence-electron chi connectivity index (χ4n) is 2.65. The van der Waals surface area contributed by atoms with E-state index < -0.39 is 0 Å². The lowest BCUT2D eigenvalue weighted by atomic mass is 10.1. The molecule has 0 saturated heterocycles. The second kappa shape index (κ2) is 8.54. The van der Waals surface area contributed by atoms with E-state index in [-0.39, 0.29) is 0 Å². The molecule has 0 atom stereocenters. The topological polar surface area (TPSA) is 39.9 Å². The summed E-state index contributed by atoms with van der Waals surface area (Å²) in [5.41, 5.74) is 2.38. The predicted octanol–water partition coefficient (Wildman–Crippen LogP) is 4.95. The zero-order chi connectivity index (χ0) is 17.6. The van der Waals surface area contributed by atoms with Crippen LogP contribution in [0.3, 0.4) is 0 Å². The maximum Gasteiger partial charge on any atom is 0.191 e. The molecule has 6 heteroatoms. The molecular formula is C19H20BrN3OS. The van der Waals surface area contributed by atoms with Gasteiger partial charge in [-0.25, -0.2) is 0 Å². The Balaban J connectivity index is 1.76. The van der Waals surface area contributed by atoms with Crippen LogP contribution in [-0.4, -0.2) is 21.9 Å². The highest BCUT2D eigenvalue weighted by atomic mass is 79.9. The summed E-state index contributed by atoms with van der Waals surface area (Å²) in [6.45, 7) is 2.98. The molecule has 4 nitrogen and oxygen atoms in total. The van der Waals surface area contributed by atoms with Gasteiger partial charge in [-0.15, -0.1) is 10.2 Å². The summed E-state index contributed by atoms with van der Waals surface area (Å²) >= 11 is 5.21. The van der Waals surface area contributed by atoms with Crippen molar-refractivity contribution in [1.82, 2.24) is 14.8 Å². The molecule has 25 heavy (non-hydrogen) atoms. The highest BCUT2D eigenvalue weighted by Gasteiger charge is 2.13. The molecule has 1 aromatic heterocycles. The molecule has 0 aliphatic heterocycles. The molecule has 130 valence electrons. The first-order chi connectivity index (χ1) is 12.2. The number of hydrogen-bond acceptors (Lipinski definition) is 4. The number of benzene rings is 2. The van der Waals surface area contributed by atoms with Crippen molar-refractivity contribution in [2.45, 2.75) is 30.8 Å². The van der Waals surface area contributed by atoms with Crippen LogP contribution in [0.5, 0.6) is 5.75 Å². The van der Waals surface area contributed by atoms with Gasteiger partial charge in [0.2, 0.25) is 0 Å². The second-order valence-electron chi connectivity index (χ2n) is 5.55. The van der Waals surface area contributed by atoms with Crippen molar-refractivity contribution in [2.24, 2.45) is 0 Å². The first kappa shape index (κ1) is 18.0. The Morgan fingerprint density at radius 2 is 1.92 bits per heavy atom. The van der Waals surface area contributed by atoms with Gasteiger partial charge in [0.25, 0.3) is 0 Å². The smallest absolute Gasteiger partial charge is 0.191 e. The minimum absolute atomic E-state index is 0.784. The molecule has 3 rings (SSSR count). The van der Waals surface area contributed by atoms with Gasteiger partial charge >= 0.3 is 0 Å². The normalized spacial score (nSPS) is 10.8. The van der Waals surface area contributed by atoms with Gasteiger partial charge in [0.05, 0.1) is 7.11 Å². The van der Waals surface area contributed by atoms with Gasteiger partial charge in [0.1, 0.15) is 11.6 Å². The third-order valence-electron chi connectivity index (χ3n) is 3.91. The summed E-state index contributed by atoms with van der Waals surface area (Å²) in [5, 5.41) is 9.75. The van der Waals surface area contributed by atoms with E-state index in [4.69, 9.17) is 4.74 Å². The van der Waals surface area contributed by atoms with Gasteiger partial charge in [0.15, 0.2) is 5.16 Å². The molecule has 0 N–H and O–H groups in total. The predicted molar refractivity (Wildman–Crippen MR) is 105 cm³/mol. The summed E-state index contributed by atoms with van der Waals surface area (Å²) in [7, 11) is 1.70. The van der Waals surface area contributed by atoms with Crippen molar-refractivity contribution >= 4 is 27.7 Å². The Hall–Kier alpha value is -1.79. The number of nitrogens with zero attached hydrogens (tertiary/aromatic N) is 3.